The van der Waals surface area contributed by atoms with E-state index in [4.69, 9.17) is 13.9 Å². The number of ketones is 2. The number of aromatic nitrogens is 1. The van der Waals surface area contributed by atoms with Gasteiger partial charge in [-0.1, -0.05) is 48.5 Å². The summed E-state index contributed by atoms with van der Waals surface area (Å²) in [6, 6.07) is 18.9. The monoisotopic (exact) mass is 652 g/mol. The van der Waals surface area contributed by atoms with Crippen molar-refractivity contribution in [1.82, 2.24) is 4.57 Å². The first kappa shape index (κ1) is 34.1. The highest BCUT2D eigenvalue weighted by molar-refractivity contribution is 7.47. The van der Waals surface area contributed by atoms with Crippen LogP contribution in [0.25, 0.3) is 21.8 Å². The van der Waals surface area contributed by atoms with E-state index in [2.05, 4.69) is 29.8 Å². The second kappa shape index (κ2) is 15.1. The Morgan fingerprint density at radius 3 is 2.17 bits per heavy atom. The van der Waals surface area contributed by atoms with Crippen LogP contribution in [-0.4, -0.2) is 47.2 Å². The smallest absolute Gasteiger partial charge is 0.331 e. The summed E-state index contributed by atoms with van der Waals surface area (Å²) >= 11 is 0. The van der Waals surface area contributed by atoms with Crippen molar-refractivity contribution in [3.8, 4) is 0 Å². The molecular weight excluding hydrogens is 611 g/mol. The molecule has 8 nitrogen and oxygen atoms in total. The van der Waals surface area contributed by atoms with Crippen LogP contribution in [0.2, 0.25) is 0 Å². The summed E-state index contributed by atoms with van der Waals surface area (Å²) in [5.41, 5.74) is 4.43. The Bertz CT molecular complexity index is 1850. The van der Waals surface area contributed by atoms with Gasteiger partial charge in [0.25, 0.3) is 0 Å². The minimum atomic E-state index is -1.27. The Balaban J connectivity index is 1.45. The lowest BCUT2D eigenvalue weighted by Crippen LogP contribution is -2.34. The first-order valence-electron chi connectivity index (χ1n) is 15.9. The predicted molar refractivity (Wildman–Crippen MR) is 188 cm³/mol. The van der Waals surface area contributed by atoms with Crippen LogP contribution in [0.5, 0.6) is 0 Å². The van der Waals surface area contributed by atoms with E-state index in [1.807, 2.05) is 73.7 Å². The van der Waals surface area contributed by atoms with E-state index >= 15 is 0 Å². The highest BCUT2D eigenvalue weighted by Gasteiger charge is 2.36. The fourth-order valence-corrected chi connectivity index (χ4v) is 7.64. The second-order valence-electron chi connectivity index (χ2n) is 12.0. The van der Waals surface area contributed by atoms with Gasteiger partial charge in [0.1, 0.15) is 5.71 Å². The molecule has 244 valence electrons. The maximum atomic E-state index is 13.9. The molecule has 2 heterocycles. The molecule has 3 aromatic carbocycles. The molecule has 0 spiro atoms. The van der Waals surface area contributed by atoms with E-state index in [1.54, 1.807) is 6.07 Å². The van der Waals surface area contributed by atoms with Crippen molar-refractivity contribution in [3.63, 3.8) is 0 Å². The van der Waals surface area contributed by atoms with E-state index in [9.17, 15) is 14.4 Å². The normalized spacial score (nSPS) is 15.1. The average molecular weight is 653 g/mol. The van der Waals surface area contributed by atoms with Gasteiger partial charge in [-0.05, 0) is 68.1 Å². The van der Waals surface area contributed by atoms with E-state index in [0.717, 1.165) is 53.2 Å². The number of Topliss-reactive ketones (excluding diaryl/α,β-unsaturated/α-hetero) is 1. The number of hydrogen-bond acceptors (Lipinski definition) is 7. The van der Waals surface area contributed by atoms with Gasteiger partial charge < -0.3 is 18.5 Å². The van der Waals surface area contributed by atoms with E-state index in [0.29, 0.717) is 36.1 Å². The Kier molecular flexibility index (Phi) is 11.0. The van der Waals surface area contributed by atoms with Crippen LogP contribution in [0.3, 0.4) is 0 Å². The zero-order valence-corrected chi connectivity index (χ0v) is 28.2. The molecule has 1 aliphatic rings. The predicted octanol–water partition coefficient (Wildman–Crippen LogP) is 8.73. The lowest BCUT2D eigenvalue weighted by atomic mass is 9.83. The van der Waals surface area contributed by atoms with E-state index in [-0.39, 0.29) is 29.1 Å². The standard InChI is InChI=1S/C38H41N2O6P/c1-6-18-38(19-7-2)24-44-47(45-25-38)21-17-33(39-46-27(5)41)37(43)29-14-16-35-32(23-29)31-22-28(13-15-34(31)40(35)20-8-3)36(42)30-12-10-9-11-26(30)4/h6-7,9-16,22-23H,1-2,8,17-21,24-25H2,3-5H3/b39-33-. The number of nitrogens with zero attached hydrogens (tertiary/aromatic N) is 2. The Morgan fingerprint density at radius 1 is 0.957 bits per heavy atom. The van der Waals surface area contributed by atoms with E-state index < -0.39 is 14.3 Å². The van der Waals surface area contributed by atoms with Crippen LogP contribution >= 0.6 is 8.38 Å². The van der Waals surface area contributed by atoms with Gasteiger partial charge in [-0.2, -0.15) is 0 Å². The molecule has 0 bridgehead atoms. The van der Waals surface area contributed by atoms with Crippen LogP contribution in [0, 0.1) is 12.3 Å². The van der Waals surface area contributed by atoms with Gasteiger partial charge in [0.05, 0.1) is 13.2 Å². The zero-order chi connectivity index (χ0) is 33.6. The van der Waals surface area contributed by atoms with Gasteiger partial charge in [-0.3, -0.25) is 9.59 Å². The molecule has 47 heavy (non-hydrogen) atoms. The van der Waals surface area contributed by atoms with Crippen LogP contribution in [0.15, 0.2) is 91.1 Å². The minimum Gasteiger partial charge on any atom is -0.340 e. The number of rotatable bonds is 14. The molecule has 5 rings (SSSR count). The van der Waals surface area contributed by atoms with Crippen molar-refractivity contribution in [1.29, 1.82) is 0 Å². The number of allylic oxidation sites excluding steroid dienone is 2. The molecule has 1 fully saturated rings. The lowest BCUT2D eigenvalue weighted by Gasteiger charge is -2.38. The maximum absolute atomic E-state index is 13.9. The molecule has 1 aliphatic heterocycles. The number of carbonyl (C=O) groups is 3. The summed E-state index contributed by atoms with van der Waals surface area (Å²) in [7, 11) is -1.27. The highest BCUT2D eigenvalue weighted by Crippen LogP contribution is 2.49. The Morgan fingerprint density at radius 2 is 1.57 bits per heavy atom. The van der Waals surface area contributed by atoms with E-state index in [1.165, 1.54) is 6.92 Å². The van der Waals surface area contributed by atoms with Gasteiger partial charge in [-0.25, -0.2) is 4.79 Å². The molecule has 0 unspecified atom stereocenters. The third-order valence-corrected chi connectivity index (χ3v) is 9.91. The summed E-state index contributed by atoms with van der Waals surface area (Å²) in [6.45, 7) is 14.8. The van der Waals surface area contributed by atoms with Crippen molar-refractivity contribution in [2.45, 2.75) is 53.0 Å². The fraction of sp³-hybridized carbons (Fsp3) is 0.316. The second-order valence-corrected chi connectivity index (χ2v) is 13.7. The maximum Gasteiger partial charge on any atom is 0.331 e. The average Bonchev–Trinajstić information content (AvgIpc) is 3.37. The first-order chi connectivity index (χ1) is 22.7. The molecule has 0 N–H and O–H groups in total. The van der Waals surface area contributed by atoms with Crippen molar-refractivity contribution in [2.24, 2.45) is 10.6 Å². The number of aryl methyl sites for hydroxylation is 2. The molecule has 1 aromatic heterocycles. The molecular formula is C38H41N2O6P. The quantitative estimate of drug-likeness (QED) is 0.0338. The zero-order valence-electron chi connectivity index (χ0n) is 27.3. The summed E-state index contributed by atoms with van der Waals surface area (Å²) in [5, 5.41) is 5.71. The molecule has 1 saturated heterocycles. The van der Waals surface area contributed by atoms with Crippen LogP contribution in [0.1, 0.15) is 71.4 Å². The van der Waals surface area contributed by atoms with Crippen molar-refractivity contribution < 1.29 is 28.3 Å². The number of fused-ring (bicyclic) bond motifs is 3. The van der Waals surface area contributed by atoms with Crippen LogP contribution in [-0.2, 0) is 25.2 Å². The molecule has 9 heteroatoms. The van der Waals surface area contributed by atoms with Gasteiger partial charge in [0, 0.05) is 70.0 Å². The largest absolute Gasteiger partial charge is 0.340 e. The van der Waals surface area contributed by atoms with Crippen molar-refractivity contribution >= 4 is 53.4 Å². The Hall–Kier alpha value is -4.23. The fourth-order valence-electron chi connectivity index (χ4n) is 6.08. The van der Waals surface area contributed by atoms with Gasteiger partial charge in [0.2, 0.25) is 5.78 Å². The summed E-state index contributed by atoms with van der Waals surface area (Å²) in [4.78, 5) is 44.1. The Labute approximate surface area is 277 Å². The van der Waals surface area contributed by atoms with Gasteiger partial charge in [-0.15, -0.1) is 13.2 Å². The summed E-state index contributed by atoms with van der Waals surface area (Å²) in [6.07, 6.45) is 6.77. The molecule has 0 radical (unpaired) electrons. The highest BCUT2D eigenvalue weighted by atomic mass is 31.2. The molecule has 0 atom stereocenters. The number of benzene rings is 3. The topological polar surface area (TPSA) is 96.2 Å². The van der Waals surface area contributed by atoms with Crippen molar-refractivity contribution in [3.05, 3.63) is 108 Å². The van der Waals surface area contributed by atoms with Gasteiger partial charge >= 0.3 is 5.97 Å². The first-order valence-corrected chi connectivity index (χ1v) is 17.3. The van der Waals surface area contributed by atoms with Crippen molar-refractivity contribution in [2.75, 3.05) is 19.4 Å². The van der Waals surface area contributed by atoms with Crippen LogP contribution < -0.4 is 0 Å². The number of hydrogen-bond donors (Lipinski definition) is 0. The summed E-state index contributed by atoms with van der Waals surface area (Å²) in [5.74, 6) is -1.02. The number of oxime groups is 1. The number of carbonyl (C=O) groups excluding carboxylic acids is 3. The summed E-state index contributed by atoms with van der Waals surface area (Å²) < 4.78 is 14.4. The minimum absolute atomic E-state index is 0.0512. The van der Waals surface area contributed by atoms with Gasteiger partial charge in [0.15, 0.2) is 14.2 Å². The SMILES string of the molecule is C=CCC1(CC=C)COP(CC/C(=N/OC(C)=O)C(=O)c2ccc3c(c2)c2cc(C(=O)c4ccccc4C)ccc2n3CCC)OC1. The molecule has 0 aliphatic carbocycles. The molecule has 0 amide bonds. The third kappa shape index (κ3) is 7.51. The molecule has 4 aromatic rings. The lowest BCUT2D eigenvalue weighted by molar-refractivity contribution is -0.140. The van der Waals surface area contributed by atoms with Crippen LogP contribution in [0.4, 0.5) is 0 Å². The molecule has 0 saturated carbocycles. The third-order valence-electron chi connectivity index (χ3n) is 8.49.